The molecule has 0 radical (unpaired) electrons. The molecular formula is C20H20ClF3N4O2. The number of benzene rings is 1. The van der Waals surface area contributed by atoms with Gasteiger partial charge in [0.05, 0.1) is 5.52 Å². The smallest absolute Gasteiger partial charge is 0.406 e. The van der Waals surface area contributed by atoms with Gasteiger partial charge in [-0.25, -0.2) is 4.98 Å². The van der Waals surface area contributed by atoms with Gasteiger partial charge < -0.3 is 9.30 Å². The minimum absolute atomic E-state index is 0.109. The predicted molar refractivity (Wildman–Crippen MR) is 108 cm³/mol. The summed E-state index contributed by atoms with van der Waals surface area (Å²) in [5.41, 5.74) is 2.07. The number of alkyl halides is 3. The minimum Gasteiger partial charge on any atom is -0.406 e. The second-order valence-electron chi connectivity index (χ2n) is 7.84. The minimum atomic E-state index is -4.74. The van der Waals surface area contributed by atoms with Gasteiger partial charge in [0.2, 0.25) is 11.9 Å². The van der Waals surface area contributed by atoms with Crippen LogP contribution in [0, 0.1) is 12.3 Å². The van der Waals surface area contributed by atoms with Crippen LogP contribution in [-0.4, -0.2) is 26.8 Å². The van der Waals surface area contributed by atoms with Gasteiger partial charge in [0.15, 0.2) is 5.15 Å². The van der Waals surface area contributed by atoms with Crippen molar-refractivity contribution < 1.29 is 22.7 Å². The first-order valence-electron chi connectivity index (χ1n) is 9.03. The summed E-state index contributed by atoms with van der Waals surface area (Å²) >= 11 is 6.37. The van der Waals surface area contributed by atoms with E-state index in [-0.39, 0.29) is 22.8 Å². The number of hydrogen-bond acceptors (Lipinski definition) is 4. The van der Waals surface area contributed by atoms with Gasteiger partial charge in [-0.05, 0) is 30.7 Å². The van der Waals surface area contributed by atoms with E-state index in [1.807, 2.05) is 11.5 Å². The molecule has 0 saturated carbocycles. The number of carbonyl (C=O) groups excluding carboxylic acids is 1. The summed E-state index contributed by atoms with van der Waals surface area (Å²) in [6.45, 7) is 7.52. The lowest BCUT2D eigenvalue weighted by Crippen LogP contribution is -2.28. The summed E-state index contributed by atoms with van der Waals surface area (Å²) in [7, 11) is 0. The number of aryl methyl sites for hydroxylation is 1. The Morgan fingerprint density at radius 3 is 2.37 bits per heavy atom. The molecule has 3 aromatic rings. The van der Waals surface area contributed by atoms with Crippen LogP contribution in [0.5, 0.6) is 5.75 Å². The Balaban J connectivity index is 1.88. The standard InChI is InChI=1S/C20H20ClF3N4O2/c1-11-9-14-15(16(21)26-18(25-14)27-17(29)19(2,3)4)28(11)10-12-5-7-13(8-6-12)30-20(22,23)24/h5-9H,10H2,1-4H3,(H,25,26,27,29). The summed E-state index contributed by atoms with van der Waals surface area (Å²) in [5.74, 6) is -0.422. The van der Waals surface area contributed by atoms with E-state index in [4.69, 9.17) is 11.6 Å². The number of halogens is 4. The molecule has 0 unspecified atom stereocenters. The Morgan fingerprint density at radius 2 is 1.80 bits per heavy atom. The largest absolute Gasteiger partial charge is 0.573 e. The van der Waals surface area contributed by atoms with Crippen molar-refractivity contribution in [1.82, 2.24) is 14.5 Å². The molecule has 10 heteroatoms. The summed E-state index contributed by atoms with van der Waals surface area (Å²) in [6, 6.07) is 7.39. The number of aromatic nitrogens is 3. The zero-order valence-electron chi connectivity index (χ0n) is 16.8. The second-order valence-corrected chi connectivity index (χ2v) is 8.20. The van der Waals surface area contributed by atoms with Gasteiger partial charge in [-0.2, -0.15) is 4.98 Å². The van der Waals surface area contributed by atoms with Gasteiger partial charge in [0.1, 0.15) is 11.3 Å². The summed E-state index contributed by atoms with van der Waals surface area (Å²) < 4.78 is 42.7. The van der Waals surface area contributed by atoms with Gasteiger partial charge >= 0.3 is 6.36 Å². The van der Waals surface area contributed by atoms with E-state index >= 15 is 0 Å². The number of nitrogens with one attached hydrogen (secondary N) is 1. The Hall–Kier alpha value is -2.81. The van der Waals surface area contributed by atoms with Crippen molar-refractivity contribution >= 4 is 34.5 Å². The van der Waals surface area contributed by atoms with Crippen LogP contribution >= 0.6 is 11.6 Å². The molecule has 6 nitrogen and oxygen atoms in total. The molecule has 0 atom stereocenters. The fraction of sp³-hybridized carbons (Fsp3) is 0.350. The molecule has 0 saturated heterocycles. The lowest BCUT2D eigenvalue weighted by molar-refractivity contribution is -0.274. The van der Waals surface area contributed by atoms with E-state index in [2.05, 4.69) is 20.0 Å². The number of nitrogens with zero attached hydrogens (tertiary/aromatic N) is 3. The summed E-state index contributed by atoms with van der Waals surface area (Å²) in [4.78, 5) is 20.7. The highest BCUT2D eigenvalue weighted by Gasteiger charge is 2.31. The van der Waals surface area contributed by atoms with Gasteiger partial charge in [0.25, 0.3) is 0 Å². The van der Waals surface area contributed by atoms with Crippen LogP contribution in [0.4, 0.5) is 19.1 Å². The molecule has 0 aliphatic carbocycles. The van der Waals surface area contributed by atoms with Gasteiger partial charge in [0, 0.05) is 17.7 Å². The third-order valence-corrected chi connectivity index (χ3v) is 4.58. The lowest BCUT2D eigenvalue weighted by atomic mass is 9.96. The van der Waals surface area contributed by atoms with Gasteiger partial charge in [-0.1, -0.05) is 44.5 Å². The van der Waals surface area contributed by atoms with Crippen LogP contribution in [-0.2, 0) is 11.3 Å². The normalized spacial score (nSPS) is 12.3. The molecule has 1 aromatic carbocycles. The van der Waals surface area contributed by atoms with Crippen LogP contribution in [0.3, 0.4) is 0 Å². The lowest BCUT2D eigenvalue weighted by Gasteiger charge is -2.17. The van der Waals surface area contributed by atoms with Crippen molar-refractivity contribution in [2.24, 2.45) is 5.41 Å². The molecule has 30 heavy (non-hydrogen) atoms. The first-order valence-corrected chi connectivity index (χ1v) is 9.41. The zero-order chi connectivity index (χ0) is 22.3. The maximum Gasteiger partial charge on any atom is 0.573 e. The molecule has 2 aromatic heterocycles. The number of rotatable bonds is 4. The average molecular weight is 441 g/mol. The Kier molecular flexibility index (Phi) is 5.68. The molecule has 0 aliphatic heterocycles. The number of fused-ring (bicyclic) bond motifs is 1. The monoisotopic (exact) mass is 440 g/mol. The van der Waals surface area contributed by atoms with E-state index in [0.29, 0.717) is 17.6 Å². The number of anilines is 1. The maximum absolute atomic E-state index is 12.3. The van der Waals surface area contributed by atoms with E-state index in [1.165, 1.54) is 12.1 Å². The molecule has 0 fully saturated rings. The second kappa shape index (κ2) is 7.79. The van der Waals surface area contributed by atoms with E-state index in [0.717, 1.165) is 11.3 Å². The highest BCUT2D eigenvalue weighted by molar-refractivity contribution is 6.33. The van der Waals surface area contributed by atoms with Crippen molar-refractivity contribution in [3.05, 3.63) is 46.7 Å². The van der Waals surface area contributed by atoms with Crippen LogP contribution < -0.4 is 10.1 Å². The van der Waals surface area contributed by atoms with E-state index in [1.54, 1.807) is 39.0 Å². The fourth-order valence-electron chi connectivity index (χ4n) is 2.77. The third-order valence-electron chi connectivity index (χ3n) is 4.31. The average Bonchev–Trinajstić information content (AvgIpc) is 2.90. The predicted octanol–water partition coefficient (Wildman–Crippen LogP) is 5.32. The topological polar surface area (TPSA) is 69.0 Å². The summed E-state index contributed by atoms with van der Waals surface area (Å²) in [6.07, 6.45) is -4.74. The SMILES string of the molecule is Cc1cc2nc(NC(=O)C(C)(C)C)nc(Cl)c2n1Cc1ccc(OC(F)(F)F)cc1. The number of hydrogen-bond donors (Lipinski definition) is 1. The Bertz CT molecular complexity index is 1090. The first-order chi connectivity index (χ1) is 13.8. The fourth-order valence-corrected chi connectivity index (χ4v) is 3.05. The molecule has 0 spiro atoms. The number of ether oxygens (including phenoxy) is 1. The number of amides is 1. The Morgan fingerprint density at radius 1 is 1.17 bits per heavy atom. The molecule has 0 aliphatic rings. The molecule has 3 rings (SSSR count). The van der Waals surface area contributed by atoms with Crippen molar-refractivity contribution in [3.8, 4) is 5.75 Å². The van der Waals surface area contributed by atoms with Crippen molar-refractivity contribution in [3.63, 3.8) is 0 Å². The van der Waals surface area contributed by atoms with Crippen LogP contribution in [0.25, 0.3) is 11.0 Å². The first kappa shape index (κ1) is 21.9. The molecule has 2 heterocycles. The maximum atomic E-state index is 12.3. The van der Waals surface area contributed by atoms with Crippen molar-refractivity contribution in [2.75, 3.05) is 5.32 Å². The molecule has 1 amide bonds. The molecule has 1 N–H and O–H groups in total. The van der Waals surface area contributed by atoms with Crippen molar-refractivity contribution in [1.29, 1.82) is 0 Å². The van der Waals surface area contributed by atoms with Gasteiger partial charge in [-0.15, -0.1) is 13.2 Å². The van der Waals surface area contributed by atoms with E-state index < -0.39 is 11.8 Å². The van der Waals surface area contributed by atoms with Gasteiger partial charge in [-0.3, -0.25) is 10.1 Å². The zero-order valence-corrected chi connectivity index (χ0v) is 17.5. The quantitative estimate of drug-likeness (QED) is 0.557. The van der Waals surface area contributed by atoms with Crippen molar-refractivity contribution in [2.45, 2.75) is 40.6 Å². The van der Waals surface area contributed by atoms with Crippen LogP contribution in [0.1, 0.15) is 32.0 Å². The highest BCUT2D eigenvalue weighted by Crippen LogP contribution is 2.28. The summed E-state index contributed by atoms with van der Waals surface area (Å²) in [5, 5.41) is 2.82. The van der Waals surface area contributed by atoms with Crippen LogP contribution in [0.15, 0.2) is 30.3 Å². The van der Waals surface area contributed by atoms with Crippen LogP contribution in [0.2, 0.25) is 5.15 Å². The third kappa shape index (κ3) is 5.02. The van der Waals surface area contributed by atoms with E-state index in [9.17, 15) is 18.0 Å². The molecular weight excluding hydrogens is 421 g/mol. The molecule has 0 bridgehead atoms. The highest BCUT2D eigenvalue weighted by atomic mass is 35.5. The molecule has 160 valence electrons. The Labute approximate surface area is 176 Å². The number of carbonyl (C=O) groups is 1.